The lowest BCUT2D eigenvalue weighted by Gasteiger charge is -2.06. The van der Waals surface area contributed by atoms with E-state index in [9.17, 15) is 13.2 Å². The molecule has 0 aliphatic rings. The number of rotatable bonds is 2. The van der Waals surface area contributed by atoms with Gasteiger partial charge in [-0.05, 0) is 23.8 Å². The van der Waals surface area contributed by atoms with E-state index in [0.29, 0.717) is 17.0 Å². The highest BCUT2D eigenvalue weighted by Crippen LogP contribution is 2.27. The average Bonchev–Trinajstić information content (AvgIpc) is 2.32. The molecule has 0 bridgehead atoms. The molecule has 94 valence electrons. The summed E-state index contributed by atoms with van der Waals surface area (Å²) in [5, 5.41) is 0.518. The summed E-state index contributed by atoms with van der Waals surface area (Å²) in [6.07, 6.45) is -1.28. The molecule has 6 heteroatoms. The van der Waals surface area contributed by atoms with Gasteiger partial charge in [-0.2, -0.15) is 13.2 Å². The third kappa shape index (κ3) is 3.20. The van der Waals surface area contributed by atoms with Gasteiger partial charge in [-0.3, -0.25) is 9.97 Å². The second kappa shape index (κ2) is 4.94. The lowest BCUT2D eigenvalue weighted by molar-refractivity contribution is -0.141. The minimum absolute atomic E-state index is 0.419. The van der Waals surface area contributed by atoms with E-state index in [2.05, 4.69) is 9.97 Å². The van der Waals surface area contributed by atoms with Crippen molar-refractivity contribution in [3.05, 3.63) is 58.6 Å². The van der Waals surface area contributed by atoms with Gasteiger partial charge in [-0.15, -0.1) is 0 Å². The number of aromatic nitrogens is 2. The van der Waals surface area contributed by atoms with E-state index in [1.54, 1.807) is 12.1 Å². The number of hydrogen-bond acceptors (Lipinski definition) is 2. The maximum atomic E-state index is 12.3. The molecule has 0 radical (unpaired) electrons. The van der Waals surface area contributed by atoms with Crippen LogP contribution in [0.2, 0.25) is 5.02 Å². The van der Waals surface area contributed by atoms with Crippen molar-refractivity contribution in [2.75, 3.05) is 0 Å². The van der Waals surface area contributed by atoms with Crippen molar-refractivity contribution in [2.45, 2.75) is 12.6 Å². The van der Waals surface area contributed by atoms with Crippen molar-refractivity contribution in [1.29, 1.82) is 0 Å². The van der Waals surface area contributed by atoms with Crippen LogP contribution in [-0.4, -0.2) is 9.97 Å². The fourth-order valence-electron chi connectivity index (χ4n) is 1.42. The molecule has 0 spiro atoms. The van der Waals surface area contributed by atoms with Gasteiger partial charge < -0.3 is 0 Å². The Hall–Kier alpha value is -1.62. The smallest absolute Gasteiger partial charge is 0.259 e. The van der Waals surface area contributed by atoms with Gasteiger partial charge in [0, 0.05) is 24.5 Å². The fourth-order valence-corrected chi connectivity index (χ4v) is 1.53. The van der Waals surface area contributed by atoms with Crippen molar-refractivity contribution in [3.8, 4) is 0 Å². The minimum atomic E-state index is -4.41. The third-order valence-electron chi connectivity index (χ3n) is 2.29. The van der Waals surface area contributed by atoms with Crippen LogP contribution >= 0.6 is 11.6 Å². The number of halogens is 4. The molecular weight excluding hydrogens is 265 g/mol. The summed E-state index contributed by atoms with van der Waals surface area (Å²) in [4.78, 5) is 7.45. The summed E-state index contributed by atoms with van der Waals surface area (Å²) in [6.45, 7) is 0. The normalized spacial score (nSPS) is 11.6. The number of nitrogens with zero attached hydrogens (tertiary/aromatic N) is 2. The van der Waals surface area contributed by atoms with E-state index in [4.69, 9.17) is 11.6 Å². The summed E-state index contributed by atoms with van der Waals surface area (Å²) >= 11 is 5.69. The molecule has 2 nitrogen and oxygen atoms in total. The number of alkyl halides is 3. The first-order valence-electron chi connectivity index (χ1n) is 5.08. The first kappa shape index (κ1) is 12.8. The van der Waals surface area contributed by atoms with E-state index in [1.165, 1.54) is 18.5 Å². The zero-order valence-corrected chi connectivity index (χ0v) is 9.83. The van der Waals surface area contributed by atoms with Gasteiger partial charge >= 0.3 is 6.18 Å². The number of pyridine rings is 2. The maximum Gasteiger partial charge on any atom is 0.433 e. The van der Waals surface area contributed by atoms with Crippen LogP contribution in [0.4, 0.5) is 13.2 Å². The van der Waals surface area contributed by atoms with Crippen molar-refractivity contribution in [2.24, 2.45) is 0 Å². The van der Waals surface area contributed by atoms with Crippen LogP contribution in [0.25, 0.3) is 0 Å². The van der Waals surface area contributed by atoms with Crippen LogP contribution in [0.15, 0.2) is 36.7 Å². The van der Waals surface area contributed by atoms with Crippen molar-refractivity contribution in [3.63, 3.8) is 0 Å². The van der Waals surface area contributed by atoms with Gasteiger partial charge in [0.1, 0.15) is 5.69 Å². The Balaban J connectivity index is 2.13. The first-order chi connectivity index (χ1) is 8.45. The van der Waals surface area contributed by atoms with Crippen molar-refractivity contribution >= 4 is 11.6 Å². The molecule has 0 aliphatic heterocycles. The summed E-state index contributed by atoms with van der Waals surface area (Å²) < 4.78 is 36.9. The second-order valence-corrected chi connectivity index (χ2v) is 4.13. The van der Waals surface area contributed by atoms with E-state index >= 15 is 0 Å². The van der Waals surface area contributed by atoms with E-state index in [-0.39, 0.29) is 0 Å². The maximum absolute atomic E-state index is 12.3. The summed E-state index contributed by atoms with van der Waals surface area (Å²) in [7, 11) is 0. The molecule has 18 heavy (non-hydrogen) atoms. The van der Waals surface area contributed by atoms with Gasteiger partial charge in [-0.25, -0.2) is 0 Å². The molecule has 0 amide bonds. The Labute approximate surface area is 106 Å². The number of hydrogen-bond donors (Lipinski definition) is 0. The quantitative estimate of drug-likeness (QED) is 0.832. The molecule has 0 aromatic carbocycles. The topological polar surface area (TPSA) is 25.8 Å². The fraction of sp³-hybridized carbons (Fsp3) is 0.167. The Morgan fingerprint density at radius 2 is 1.78 bits per heavy atom. The molecule has 0 saturated carbocycles. The second-order valence-electron chi connectivity index (χ2n) is 3.69. The van der Waals surface area contributed by atoms with Gasteiger partial charge in [0.25, 0.3) is 0 Å². The zero-order valence-electron chi connectivity index (χ0n) is 9.08. The Morgan fingerprint density at radius 3 is 2.28 bits per heavy atom. The lowest BCUT2D eigenvalue weighted by Crippen LogP contribution is -2.07. The average molecular weight is 273 g/mol. The first-order valence-corrected chi connectivity index (χ1v) is 5.45. The van der Waals surface area contributed by atoms with Crippen LogP contribution < -0.4 is 0 Å². The standard InChI is InChI=1S/C12H8ClF3N2/c13-9-2-3-10(17-7-9)5-8-1-4-11(18-6-8)12(14,15)16/h1-4,6-7H,5H2. The van der Waals surface area contributed by atoms with Crippen molar-refractivity contribution < 1.29 is 13.2 Å². The molecule has 2 rings (SSSR count). The summed E-state index contributed by atoms with van der Waals surface area (Å²) in [6, 6.07) is 5.76. The molecule has 2 aromatic rings. The minimum Gasteiger partial charge on any atom is -0.259 e. The van der Waals surface area contributed by atoms with E-state index in [0.717, 1.165) is 11.8 Å². The van der Waals surface area contributed by atoms with Crippen LogP contribution in [0.3, 0.4) is 0 Å². The van der Waals surface area contributed by atoms with Crippen LogP contribution in [0, 0.1) is 0 Å². The Bertz CT molecular complexity index is 521. The monoisotopic (exact) mass is 272 g/mol. The summed E-state index contributed by atoms with van der Waals surface area (Å²) in [5.74, 6) is 0. The highest BCUT2D eigenvalue weighted by Gasteiger charge is 2.31. The molecule has 0 saturated heterocycles. The van der Waals surface area contributed by atoms with Gasteiger partial charge in [0.05, 0.1) is 5.02 Å². The largest absolute Gasteiger partial charge is 0.433 e. The molecular formula is C12H8ClF3N2. The van der Waals surface area contributed by atoms with E-state index in [1.807, 2.05) is 0 Å². The molecule has 0 N–H and O–H groups in total. The van der Waals surface area contributed by atoms with Gasteiger partial charge in [0.2, 0.25) is 0 Å². The lowest BCUT2D eigenvalue weighted by atomic mass is 10.1. The highest BCUT2D eigenvalue weighted by atomic mass is 35.5. The Morgan fingerprint density at radius 1 is 1.00 bits per heavy atom. The molecule has 2 heterocycles. The highest BCUT2D eigenvalue weighted by molar-refractivity contribution is 6.30. The van der Waals surface area contributed by atoms with E-state index < -0.39 is 11.9 Å². The Kier molecular flexibility index (Phi) is 3.52. The van der Waals surface area contributed by atoms with Gasteiger partial charge in [-0.1, -0.05) is 17.7 Å². The van der Waals surface area contributed by atoms with Crippen LogP contribution in [0.5, 0.6) is 0 Å². The van der Waals surface area contributed by atoms with Crippen LogP contribution in [-0.2, 0) is 12.6 Å². The zero-order chi connectivity index (χ0) is 13.2. The molecule has 2 aromatic heterocycles. The van der Waals surface area contributed by atoms with Crippen molar-refractivity contribution in [1.82, 2.24) is 9.97 Å². The summed E-state index contributed by atoms with van der Waals surface area (Å²) in [5.41, 5.74) is 0.495. The molecule has 0 aliphatic carbocycles. The predicted molar refractivity (Wildman–Crippen MR) is 61.3 cm³/mol. The van der Waals surface area contributed by atoms with Crippen LogP contribution in [0.1, 0.15) is 17.0 Å². The predicted octanol–water partition coefficient (Wildman–Crippen LogP) is 3.74. The SMILES string of the molecule is FC(F)(F)c1ccc(Cc2ccc(Cl)cn2)cn1. The molecule has 0 unspecified atom stereocenters. The third-order valence-corrected chi connectivity index (χ3v) is 2.51. The molecule has 0 fully saturated rings. The molecule has 0 atom stereocenters. The van der Waals surface area contributed by atoms with Gasteiger partial charge in [0.15, 0.2) is 0 Å².